The van der Waals surface area contributed by atoms with Gasteiger partial charge in [-0.3, -0.25) is 9.59 Å². The van der Waals surface area contributed by atoms with Crippen LogP contribution in [0.25, 0.3) is 11.0 Å². The zero-order chi connectivity index (χ0) is 26.6. The zero-order valence-corrected chi connectivity index (χ0v) is 21.3. The van der Waals surface area contributed by atoms with E-state index in [1.54, 1.807) is 60.3 Å². The maximum atomic E-state index is 13.2. The average molecular weight is 516 g/mol. The summed E-state index contributed by atoms with van der Waals surface area (Å²) in [6.45, 7) is 3.18. The van der Waals surface area contributed by atoms with Crippen LogP contribution in [0.4, 0.5) is 11.4 Å². The second-order valence-electron chi connectivity index (χ2n) is 9.22. The molecule has 0 atom stereocenters. The molecule has 38 heavy (non-hydrogen) atoms. The summed E-state index contributed by atoms with van der Waals surface area (Å²) in [6.07, 6.45) is 4.89. The Morgan fingerprint density at radius 3 is 2.53 bits per heavy atom. The Kier molecular flexibility index (Phi) is 7.12. The molecule has 4 heterocycles. The lowest BCUT2D eigenvalue weighted by Crippen LogP contribution is -2.41. The molecular formula is C28H29N5O5. The van der Waals surface area contributed by atoms with E-state index < -0.39 is 5.97 Å². The molecule has 0 spiro atoms. The molecule has 0 unspecified atom stereocenters. The van der Waals surface area contributed by atoms with E-state index in [1.807, 2.05) is 17.0 Å². The molecule has 0 saturated carbocycles. The first-order valence-corrected chi connectivity index (χ1v) is 12.5. The molecule has 5 rings (SSSR count). The number of hydrogen-bond donors (Lipinski definition) is 2. The number of likely N-dealkylation sites (tertiary alicyclic amines) is 1. The van der Waals surface area contributed by atoms with Crippen LogP contribution in [0.2, 0.25) is 0 Å². The van der Waals surface area contributed by atoms with Crippen molar-refractivity contribution >= 4 is 40.2 Å². The van der Waals surface area contributed by atoms with E-state index in [9.17, 15) is 14.4 Å². The Hall–Kier alpha value is -4.60. The van der Waals surface area contributed by atoms with Crippen LogP contribution in [0.3, 0.4) is 0 Å². The fraction of sp³-hybridized carbons (Fsp3) is 0.286. The van der Waals surface area contributed by atoms with Gasteiger partial charge in [-0.2, -0.15) is 0 Å². The third-order valence-electron chi connectivity index (χ3n) is 6.76. The minimum Gasteiger partial charge on any atom is -0.467 e. The third-order valence-corrected chi connectivity index (χ3v) is 6.76. The predicted molar refractivity (Wildman–Crippen MR) is 142 cm³/mol. The van der Waals surface area contributed by atoms with Gasteiger partial charge in [0.05, 0.1) is 37.5 Å². The maximum Gasteiger partial charge on any atom is 0.356 e. The number of nitrogens with zero attached hydrogens (tertiary/aromatic N) is 3. The monoisotopic (exact) mass is 515 g/mol. The van der Waals surface area contributed by atoms with Crippen LogP contribution in [0.15, 0.2) is 65.4 Å². The van der Waals surface area contributed by atoms with Gasteiger partial charge in [0, 0.05) is 37.0 Å². The number of hydrogen-bond acceptors (Lipinski definition) is 7. The number of carbonyl (C=O) groups excluding carboxylic acids is 3. The summed E-state index contributed by atoms with van der Waals surface area (Å²) in [4.78, 5) is 44.4. The molecule has 0 aliphatic carbocycles. The second-order valence-corrected chi connectivity index (χ2v) is 9.22. The summed E-state index contributed by atoms with van der Waals surface area (Å²) in [5.74, 6) is -0.264. The Morgan fingerprint density at radius 1 is 1.11 bits per heavy atom. The summed E-state index contributed by atoms with van der Waals surface area (Å²) in [5.41, 5.74) is 2.19. The van der Waals surface area contributed by atoms with Crippen LogP contribution in [0, 0.1) is 0 Å². The number of pyridine rings is 1. The summed E-state index contributed by atoms with van der Waals surface area (Å²) >= 11 is 0. The summed E-state index contributed by atoms with van der Waals surface area (Å²) in [6, 6.07) is 14.4. The molecule has 3 aromatic heterocycles. The van der Waals surface area contributed by atoms with Crippen LogP contribution >= 0.6 is 0 Å². The predicted octanol–water partition coefficient (Wildman–Crippen LogP) is 4.14. The van der Waals surface area contributed by atoms with Crippen molar-refractivity contribution in [1.29, 1.82) is 0 Å². The first-order valence-electron chi connectivity index (χ1n) is 12.5. The molecule has 0 bridgehead atoms. The first kappa shape index (κ1) is 25.1. The highest BCUT2D eigenvalue weighted by molar-refractivity contribution is 6.14. The van der Waals surface area contributed by atoms with Crippen molar-refractivity contribution < 1.29 is 23.5 Å². The molecular weight excluding hydrogens is 486 g/mol. The zero-order valence-electron chi connectivity index (χ0n) is 21.3. The van der Waals surface area contributed by atoms with Crippen LogP contribution < -0.4 is 10.6 Å². The highest BCUT2D eigenvalue weighted by atomic mass is 16.5. The smallest absolute Gasteiger partial charge is 0.356 e. The van der Waals surface area contributed by atoms with Gasteiger partial charge >= 0.3 is 5.97 Å². The van der Waals surface area contributed by atoms with Gasteiger partial charge in [0.25, 0.3) is 5.91 Å². The number of anilines is 2. The number of furan rings is 1. The number of nitrogens with one attached hydrogen (secondary N) is 2. The Balaban J connectivity index is 1.55. The summed E-state index contributed by atoms with van der Waals surface area (Å²) in [5, 5.41) is 7.03. The van der Waals surface area contributed by atoms with Gasteiger partial charge < -0.3 is 29.3 Å². The lowest BCUT2D eigenvalue weighted by Gasteiger charge is -2.32. The van der Waals surface area contributed by atoms with Crippen molar-refractivity contribution in [2.45, 2.75) is 32.4 Å². The van der Waals surface area contributed by atoms with Gasteiger partial charge in [-0.25, -0.2) is 9.78 Å². The Morgan fingerprint density at radius 2 is 1.87 bits per heavy atom. The fourth-order valence-electron chi connectivity index (χ4n) is 4.80. The molecule has 2 amide bonds. The standard InChI is InChI=1S/C28H29N5O5/c1-18(34)32-12-10-20(11-13-32)30-21-15-23-24(31-27(35)19-7-4-3-5-8-19)25(28(36)37-2)33(26(23)29-16-21)17-22-9-6-14-38-22/h3-9,14-16,20,30H,10-13,17H2,1-2H3,(H,31,35). The maximum absolute atomic E-state index is 13.2. The normalized spacial score (nSPS) is 13.9. The minimum absolute atomic E-state index is 0.0820. The van der Waals surface area contributed by atoms with Crippen molar-refractivity contribution in [3.63, 3.8) is 0 Å². The topological polar surface area (TPSA) is 119 Å². The number of amides is 2. The van der Waals surface area contributed by atoms with Gasteiger partial charge in [0.1, 0.15) is 11.4 Å². The van der Waals surface area contributed by atoms with Gasteiger partial charge in [-0.05, 0) is 43.2 Å². The lowest BCUT2D eigenvalue weighted by atomic mass is 10.0. The van der Waals surface area contributed by atoms with Crippen molar-refractivity contribution in [2.75, 3.05) is 30.8 Å². The van der Waals surface area contributed by atoms with E-state index in [-0.39, 0.29) is 30.1 Å². The second kappa shape index (κ2) is 10.8. The van der Waals surface area contributed by atoms with Crippen LogP contribution in [0.5, 0.6) is 0 Å². The number of aromatic nitrogens is 2. The number of ether oxygens (including phenoxy) is 1. The van der Waals surface area contributed by atoms with E-state index in [0.717, 1.165) is 18.5 Å². The first-order chi connectivity index (χ1) is 18.4. The number of fused-ring (bicyclic) bond motifs is 1. The highest BCUT2D eigenvalue weighted by Gasteiger charge is 2.28. The van der Waals surface area contributed by atoms with Crippen molar-refractivity contribution in [3.05, 3.63) is 78.0 Å². The van der Waals surface area contributed by atoms with Gasteiger partial charge in [-0.15, -0.1) is 0 Å². The molecule has 0 radical (unpaired) electrons. The molecule has 1 saturated heterocycles. The highest BCUT2D eigenvalue weighted by Crippen LogP contribution is 2.34. The average Bonchev–Trinajstić information content (AvgIpc) is 3.55. The van der Waals surface area contributed by atoms with Crippen molar-refractivity contribution in [1.82, 2.24) is 14.5 Å². The van der Waals surface area contributed by atoms with Crippen molar-refractivity contribution in [3.8, 4) is 0 Å². The molecule has 1 aliphatic heterocycles. The minimum atomic E-state index is -0.607. The van der Waals surface area contributed by atoms with E-state index in [2.05, 4.69) is 15.6 Å². The number of methoxy groups -OCH3 is 1. The Bertz CT molecular complexity index is 1450. The van der Waals surface area contributed by atoms with Crippen LogP contribution in [0.1, 0.15) is 46.4 Å². The molecule has 10 heteroatoms. The fourth-order valence-corrected chi connectivity index (χ4v) is 4.80. The molecule has 1 fully saturated rings. The molecule has 1 aliphatic rings. The lowest BCUT2D eigenvalue weighted by molar-refractivity contribution is -0.129. The molecule has 1 aromatic carbocycles. The molecule has 196 valence electrons. The number of rotatable bonds is 7. The van der Waals surface area contributed by atoms with E-state index >= 15 is 0 Å². The van der Waals surface area contributed by atoms with Crippen LogP contribution in [-0.4, -0.2) is 58.5 Å². The van der Waals surface area contributed by atoms with Crippen LogP contribution in [-0.2, 0) is 16.1 Å². The molecule has 4 aromatic rings. The number of benzene rings is 1. The van der Waals surface area contributed by atoms with Gasteiger partial charge in [0.15, 0.2) is 5.69 Å². The van der Waals surface area contributed by atoms with Gasteiger partial charge in [-0.1, -0.05) is 18.2 Å². The quantitative estimate of drug-likeness (QED) is 0.355. The van der Waals surface area contributed by atoms with E-state index in [4.69, 9.17) is 9.15 Å². The van der Waals surface area contributed by atoms with Gasteiger partial charge in [0.2, 0.25) is 5.91 Å². The Labute approximate surface area is 219 Å². The van der Waals surface area contributed by atoms with E-state index in [0.29, 0.717) is 41.1 Å². The number of esters is 1. The summed E-state index contributed by atoms with van der Waals surface area (Å²) < 4.78 is 12.3. The third kappa shape index (κ3) is 5.10. The number of piperidine rings is 1. The molecule has 2 N–H and O–H groups in total. The van der Waals surface area contributed by atoms with E-state index in [1.165, 1.54) is 7.11 Å². The molecule has 10 nitrogen and oxygen atoms in total. The largest absolute Gasteiger partial charge is 0.467 e. The summed E-state index contributed by atoms with van der Waals surface area (Å²) in [7, 11) is 1.30. The SMILES string of the molecule is COC(=O)c1c(NC(=O)c2ccccc2)c2cc(NC3CCN(C(C)=O)CC3)cnc2n1Cc1ccco1. The van der Waals surface area contributed by atoms with Crippen molar-refractivity contribution in [2.24, 2.45) is 0 Å². The number of carbonyl (C=O) groups is 3.